The summed E-state index contributed by atoms with van der Waals surface area (Å²) in [5.74, 6) is -1.53. The Kier molecular flexibility index (Phi) is 8.47. The van der Waals surface area contributed by atoms with Crippen molar-refractivity contribution in [2.24, 2.45) is 0 Å². The lowest BCUT2D eigenvalue weighted by molar-refractivity contribution is 0.0822. The highest BCUT2D eigenvalue weighted by Crippen LogP contribution is 2.39. The van der Waals surface area contributed by atoms with Crippen molar-refractivity contribution in [3.63, 3.8) is 0 Å². The van der Waals surface area contributed by atoms with Crippen molar-refractivity contribution in [3.05, 3.63) is 57.0 Å². The fourth-order valence-corrected chi connectivity index (χ4v) is 3.68. The van der Waals surface area contributed by atoms with Gasteiger partial charge in [0.15, 0.2) is 0 Å². The van der Waals surface area contributed by atoms with E-state index in [9.17, 15) is 22.8 Å². The number of halogens is 5. The summed E-state index contributed by atoms with van der Waals surface area (Å²) in [4.78, 5) is 28.0. The number of carbonyl (C=O) groups excluding carboxylic acids is 2. The average Bonchev–Trinajstić information content (AvgIpc) is 3.31. The Hall–Kier alpha value is -3.16. The molecular weight excluding hydrogens is 520 g/mol. The van der Waals surface area contributed by atoms with Gasteiger partial charge < -0.3 is 10.1 Å². The molecule has 0 unspecified atom stereocenters. The van der Waals surface area contributed by atoms with E-state index in [4.69, 9.17) is 27.9 Å². The van der Waals surface area contributed by atoms with E-state index in [0.717, 1.165) is 17.6 Å². The standard InChI is InChI=1S/C19H15Cl2F3N6O3S/c1-8(27-19(32)29-28-18(31)14-6-26-30-34-14)16-13(22)2-9(5-25-16)11-3-10(20)4-12(21)17(11)33-7-15(23)24/h2-6,8,15H,7H2,1H3,(H,28,31)(H2,27,29,32)/t8-/m1/s1. The predicted molar refractivity (Wildman–Crippen MR) is 119 cm³/mol. The number of urea groups is 1. The molecule has 0 aliphatic heterocycles. The number of hydrogen-bond acceptors (Lipinski definition) is 7. The van der Waals surface area contributed by atoms with Gasteiger partial charge in [0, 0.05) is 22.3 Å². The lowest BCUT2D eigenvalue weighted by Crippen LogP contribution is -2.47. The Labute approximate surface area is 204 Å². The summed E-state index contributed by atoms with van der Waals surface area (Å²) in [6, 6.07) is 2.02. The minimum Gasteiger partial charge on any atom is -0.485 e. The molecule has 3 rings (SSSR count). The maximum atomic E-state index is 14.8. The fourth-order valence-electron chi connectivity index (χ4n) is 2.73. The van der Waals surface area contributed by atoms with Crippen LogP contribution in [0.1, 0.15) is 28.3 Å². The van der Waals surface area contributed by atoms with E-state index in [2.05, 4.69) is 30.7 Å². The number of hydrazine groups is 1. The van der Waals surface area contributed by atoms with Crippen LogP contribution in [0.5, 0.6) is 5.75 Å². The first-order valence-electron chi connectivity index (χ1n) is 9.35. The lowest BCUT2D eigenvalue weighted by atomic mass is 10.0. The molecule has 180 valence electrons. The molecule has 0 radical (unpaired) electrons. The van der Waals surface area contributed by atoms with Gasteiger partial charge in [-0.1, -0.05) is 27.7 Å². The summed E-state index contributed by atoms with van der Waals surface area (Å²) in [5, 5.41) is 6.06. The summed E-state index contributed by atoms with van der Waals surface area (Å²) in [6.07, 6.45) is -0.275. The van der Waals surface area contributed by atoms with Crippen LogP contribution in [0.3, 0.4) is 0 Å². The second kappa shape index (κ2) is 11.3. The van der Waals surface area contributed by atoms with Crippen molar-refractivity contribution in [1.82, 2.24) is 30.7 Å². The molecule has 0 saturated heterocycles. The number of nitrogens with zero attached hydrogens (tertiary/aromatic N) is 3. The summed E-state index contributed by atoms with van der Waals surface area (Å²) in [6.45, 7) is 0.543. The van der Waals surface area contributed by atoms with Gasteiger partial charge in [0.1, 0.15) is 23.1 Å². The molecule has 3 amide bonds. The molecule has 3 N–H and O–H groups in total. The highest BCUT2D eigenvalue weighted by molar-refractivity contribution is 7.07. The van der Waals surface area contributed by atoms with E-state index in [1.165, 1.54) is 31.5 Å². The van der Waals surface area contributed by atoms with Gasteiger partial charge in [0.25, 0.3) is 12.3 Å². The number of nitrogens with one attached hydrogen (secondary N) is 3. The van der Waals surface area contributed by atoms with E-state index in [-0.39, 0.29) is 37.5 Å². The first kappa shape index (κ1) is 25.5. The number of benzene rings is 1. The summed E-state index contributed by atoms with van der Waals surface area (Å²) < 4.78 is 48.7. The minimum atomic E-state index is -2.75. The summed E-state index contributed by atoms with van der Waals surface area (Å²) in [7, 11) is 0. The number of alkyl halides is 2. The summed E-state index contributed by atoms with van der Waals surface area (Å²) in [5.41, 5.74) is 4.46. The topological polar surface area (TPSA) is 118 Å². The first-order valence-corrected chi connectivity index (χ1v) is 10.9. The van der Waals surface area contributed by atoms with Crippen molar-refractivity contribution in [1.29, 1.82) is 0 Å². The van der Waals surface area contributed by atoms with E-state index in [1.54, 1.807) is 0 Å². The van der Waals surface area contributed by atoms with Crippen LogP contribution in [-0.2, 0) is 0 Å². The zero-order chi connectivity index (χ0) is 24.8. The van der Waals surface area contributed by atoms with Gasteiger partial charge in [-0.25, -0.2) is 23.4 Å². The third-order valence-corrected chi connectivity index (χ3v) is 5.34. The Bertz CT molecular complexity index is 1190. The van der Waals surface area contributed by atoms with Crippen molar-refractivity contribution in [2.75, 3.05) is 6.61 Å². The van der Waals surface area contributed by atoms with Crippen molar-refractivity contribution < 1.29 is 27.5 Å². The van der Waals surface area contributed by atoms with Crippen LogP contribution in [0, 0.1) is 5.82 Å². The molecule has 2 heterocycles. The molecule has 9 nitrogen and oxygen atoms in total. The molecule has 2 aromatic heterocycles. The van der Waals surface area contributed by atoms with Gasteiger partial charge in [0.05, 0.1) is 23.0 Å². The van der Waals surface area contributed by atoms with Gasteiger partial charge in [-0.15, -0.1) is 5.10 Å². The Balaban J connectivity index is 1.72. The van der Waals surface area contributed by atoms with Gasteiger partial charge in [0.2, 0.25) is 0 Å². The molecule has 1 atom stereocenters. The number of ether oxygens (including phenoxy) is 1. The van der Waals surface area contributed by atoms with E-state index >= 15 is 0 Å². The lowest BCUT2D eigenvalue weighted by Gasteiger charge is -2.17. The number of carbonyl (C=O) groups is 2. The third-order valence-electron chi connectivity index (χ3n) is 4.18. The van der Waals surface area contributed by atoms with Crippen LogP contribution in [0.15, 0.2) is 30.6 Å². The van der Waals surface area contributed by atoms with Crippen molar-refractivity contribution >= 4 is 46.7 Å². The first-order chi connectivity index (χ1) is 16.2. The second-order valence-electron chi connectivity index (χ2n) is 6.61. The highest BCUT2D eigenvalue weighted by atomic mass is 35.5. The van der Waals surface area contributed by atoms with Gasteiger partial charge in [-0.3, -0.25) is 15.2 Å². The molecule has 34 heavy (non-hydrogen) atoms. The zero-order valence-corrected chi connectivity index (χ0v) is 19.4. The smallest absolute Gasteiger partial charge is 0.334 e. The van der Waals surface area contributed by atoms with Crippen LogP contribution in [0.2, 0.25) is 10.0 Å². The van der Waals surface area contributed by atoms with Crippen molar-refractivity contribution in [2.45, 2.75) is 19.4 Å². The Morgan fingerprint density at radius 2 is 1.94 bits per heavy atom. The van der Waals surface area contributed by atoms with Crippen LogP contribution in [0.25, 0.3) is 11.1 Å². The SMILES string of the molecule is C[C@@H](NC(=O)NNC(=O)c1cnns1)c1ncc(-c2cc(Cl)cc(Cl)c2OCC(F)F)cc1F. The fraction of sp³-hybridized carbons (Fsp3) is 0.211. The van der Waals surface area contributed by atoms with E-state index < -0.39 is 36.8 Å². The molecule has 0 bridgehead atoms. The van der Waals surface area contributed by atoms with E-state index in [0.29, 0.717) is 0 Å². The quantitative estimate of drug-likeness (QED) is 0.387. The maximum absolute atomic E-state index is 14.8. The number of amides is 3. The third kappa shape index (κ3) is 6.46. The second-order valence-corrected chi connectivity index (χ2v) is 8.24. The van der Waals surface area contributed by atoms with Crippen LogP contribution in [0.4, 0.5) is 18.0 Å². The van der Waals surface area contributed by atoms with Crippen LogP contribution < -0.4 is 20.9 Å². The molecular formula is C19H15Cl2F3N6O3S. The Morgan fingerprint density at radius 1 is 1.18 bits per heavy atom. The Morgan fingerprint density at radius 3 is 2.59 bits per heavy atom. The largest absolute Gasteiger partial charge is 0.485 e. The number of rotatable bonds is 7. The normalized spacial score (nSPS) is 11.7. The van der Waals surface area contributed by atoms with Gasteiger partial charge >= 0.3 is 6.03 Å². The molecule has 0 aliphatic carbocycles. The number of aromatic nitrogens is 3. The molecule has 3 aromatic rings. The monoisotopic (exact) mass is 534 g/mol. The van der Waals surface area contributed by atoms with Crippen LogP contribution in [-0.4, -0.2) is 39.5 Å². The average molecular weight is 535 g/mol. The minimum absolute atomic E-state index is 0.0319. The number of pyridine rings is 1. The molecule has 0 aliphatic rings. The molecule has 15 heteroatoms. The molecule has 1 aromatic carbocycles. The predicted octanol–water partition coefficient (Wildman–Crippen LogP) is 4.40. The van der Waals surface area contributed by atoms with Gasteiger partial charge in [-0.2, -0.15) is 0 Å². The molecule has 0 fully saturated rings. The summed E-state index contributed by atoms with van der Waals surface area (Å²) >= 11 is 12.9. The van der Waals surface area contributed by atoms with Crippen molar-refractivity contribution in [3.8, 4) is 16.9 Å². The van der Waals surface area contributed by atoms with Gasteiger partial charge in [-0.05, 0) is 36.7 Å². The van der Waals surface area contributed by atoms with E-state index in [1.807, 2.05) is 0 Å². The molecule has 0 spiro atoms. The highest BCUT2D eigenvalue weighted by Gasteiger charge is 2.20. The zero-order valence-electron chi connectivity index (χ0n) is 17.1. The van der Waals surface area contributed by atoms with Crippen LogP contribution >= 0.6 is 34.7 Å². The molecule has 0 saturated carbocycles. The maximum Gasteiger partial charge on any atom is 0.334 e. The number of hydrogen-bond donors (Lipinski definition) is 3.